The Bertz CT molecular complexity index is 290. The lowest BCUT2D eigenvalue weighted by molar-refractivity contribution is 0.795. The molecule has 0 aliphatic heterocycles. The molecular formula is C14H20. The summed E-state index contributed by atoms with van der Waals surface area (Å²) in [5.74, 6) is 0. The van der Waals surface area contributed by atoms with Crippen LogP contribution in [0.25, 0.3) is 5.57 Å². The number of rotatable bonds is 4. The highest BCUT2D eigenvalue weighted by atomic mass is 14.0. The van der Waals surface area contributed by atoms with Crippen molar-refractivity contribution in [2.45, 2.75) is 40.0 Å². The van der Waals surface area contributed by atoms with Gasteiger partial charge < -0.3 is 0 Å². The van der Waals surface area contributed by atoms with Crippen molar-refractivity contribution in [3.05, 3.63) is 41.5 Å². The first-order valence-electron chi connectivity index (χ1n) is 5.50. The standard InChI is InChI=1S/C14H20/c1-4-6-7-13-8-10-14(11-9-13)12(3)5-2/h5,8-11H,4,6-7H2,1-3H3/b12-5-. The van der Waals surface area contributed by atoms with Crippen LogP contribution in [-0.4, -0.2) is 0 Å². The number of hydrogen-bond donors (Lipinski definition) is 0. The molecule has 0 fully saturated rings. The first-order chi connectivity index (χ1) is 6.77. The van der Waals surface area contributed by atoms with Gasteiger partial charge in [0.25, 0.3) is 0 Å². The number of allylic oxidation sites excluding steroid dienone is 2. The third kappa shape index (κ3) is 3.02. The van der Waals surface area contributed by atoms with Crippen molar-refractivity contribution in [2.24, 2.45) is 0 Å². The first kappa shape index (κ1) is 11.0. The summed E-state index contributed by atoms with van der Waals surface area (Å²) >= 11 is 0. The molecular weight excluding hydrogens is 168 g/mol. The second kappa shape index (κ2) is 5.64. The summed E-state index contributed by atoms with van der Waals surface area (Å²) in [7, 11) is 0. The second-order valence-corrected chi connectivity index (χ2v) is 3.77. The molecule has 1 aromatic rings. The number of aryl methyl sites for hydroxylation is 1. The molecule has 0 radical (unpaired) electrons. The predicted octanol–water partition coefficient (Wildman–Crippen LogP) is 4.45. The second-order valence-electron chi connectivity index (χ2n) is 3.77. The van der Waals surface area contributed by atoms with Crippen molar-refractivity contribution in [3.63, 3.8) is 0 Å². The molecule has 0 amide bonds. The molecule has 1 aromatic carbocycles. The molecule has 0 unspecified atom stereocenters. The third-order valence-electron chi connectivity index (χ3n) is 2.66. The van der Waals surface area contributed by atoms with E-state index in [2.05, 4.69) is 51.1 Å². The van der Waals surface area contributed by atoms with Crippen LogP contribution in [0.5, 0.6) is 0 Å². The van der Waals surface area contributed by atoms with Gasteiger partial charge in [0.2, 0.25) is 0 Å². The minimum atomic E-state index is 1.21. The van der Waals surface area contributed by atoms with Crippen LogP contribution in [0.1, 0.15) is 44.7 Å². The fourth-order valence-corrected chi connectivity index (χ4v) is 1.48. The normalized spacial score (nSPS) is 11.8. The number of benzene rings is 1. The Kier molecular flexibility index (Phi) is 4.45. The molecule has 76 valence electrons. The largest absolute Gasteiger partial charge is 0.0841 e. The molecule has 0 aliphatic rings. The summed E-state index contributed by atoms with van der Waals surface area (Å²) in [5.41, 5.74) is 4.15. The Hall–Kier alpha value is -1.04. The van der Waals surface area contributed by atoms with Crippen molar-refractivity contribution in [2.75, 3.05) is 0 Å². The van der Waals surface area contributed by atoms with Crippen molar-refractivity contribution in [1.82, 2.24) is 0 Å². The van der Waals surface area contributed by atoms with E-state index >= 15 is 0 Å². The maximum atomic E-state index is 2.25. The Morgan fingerprint density at radius 2 is 1.86 bits per heavy atom. The van der Waals surface area contributed by atoms with E-state index in [4.69, 9.17) is 0 Å². The minimum Gasteiger partial charge on any atom is -0.0841 e. The molecule has 0 aromatic heterocycles. The van der Waals surface area contributed by atoms with Gasteiger partial charge in [-0.3, -0.25) is 0 Å². The maximum Gasteiger partial charge on any atom is -0.0230 e. The molecule has 0 N–H and O–H groups in total. The van der Waals surface area contributed by atoms with Crippen molar-refractivity contribution < 1.29 is 0 Å². The average Bonchev–Trinajstić information content (AvgIpc) is 2.26. The van der Waals surface area contributed by atoms with E-state index in [1.54, 1.807) is 0 Å². The number of hydrogen-bond acceptors (Lipinski definition) is 0. The lowest BCUT2D eigenvalue weighted by atomic mass is 10.0. The smallest absolute Gasteiger partial charge is 0.0230 e. The van der Waals surface area contributed by atoms with Crippen molar-refractivity contribution in [3.8, 4) is 0 Å². The van der Waals surface area contributed by atoms with Crippen LogP contribution in [-0.2, 0) is 6.42 Å². The zero-order chi connectivity index (χ0) is 10.4. The quantitative estimate of drug-likeness (QED) is 0.654. The SMILES string of the molecule is C/C=C(/C)c1ccc(CCCC)cc1. The van der Waals surface area contributed by atoms with Crippen LogP contribution < -0.4 is 0 Å². The van der Waals surface area contributed by atoms with E-state index in [1.165, 1.54) is 36.0 Å². The van der Waals surface area contributed by atoms with Crippen LogP contribution in [0.3, 0.4) is 0 Å². The predicted molar refractivity (Wildman–Crippen MR) is 64.4 cm³/mol. The lowest BCUT2D eigenvalue weighted by Gasteiger charge is -2.03. The lowest BCUT2D eigenvalue weighted by Crippen LogP contribution is -1.85. The summed E-state index contributed by atoms with van der Waals surface area (Å²) in [6.07, 6.45) is 5.93. The Labute approximate surface area is 87.7 Å². The maximum absolute atomic E-state index is 2.25. The molecule has 0 heterocycles. The highest BCUT2D eigenvalue weighted by molar-refractivity contribution is 5.63. The summed E-state index contributed by atoms with van der Waals surface area (Å²) < 4.78 is 0. The minimum absolute atomic E-state index is 1.21. The van der Waals surface area contributed by atoms with Gasteiger partial charge in [0.15, 0.2) is 0 Å². The van der Waals surface area contributed by atoms with Gasteiger partial charge >= 0.3 is 0 Å². The van der Waals surface area contributed by atoms with E-state index in [0.29, 0.717) is 0 Å². The van der Waals surface area contributed by atoms with E-state index in [-0.39, 0.29) is 0 Å². The fourth-order valence-electron chi connectivity index (χ4n) is 1.48. The molecule has 14 heavy (non-hydrogen) atoms. The van der Waals surface area contributed by atoms with Crippen LogP contribution in [0.4, 0.5) is 0 Å². The van der Waals surface area contributed by atoms with E-state index in [0.717, 1.165) is 0 Å². The van der Waals surface area contributed by atoms with Gasteiger partial charge in [0.05, 0.1) is 0 Å². The van der Waals surface area contributed by atoms with Gasteiger partial charge in [0, 0.05) is 0 Å². The van der Waals surface area contributed by atoms with Gasteiger partial charge in [-0.2, -0.15) is 0 Å². The highest BCUT2D eigenvalue weighted by Gasteiger charge is 1.95. The van der Waals surface area contributed by atoms with Crippen molar-refractivity contribution in [1.29, 1.82) is 0 Å². The zero-order valence-electron chi connectivity index (χ0n) is 9.51. The molecule has 0 saturated carbocycles. The van der Waals surface area contributed by atoms with E-state index in [9.17, 15) is 0 Å². The van der Waals surface area contributed by atoms with Gasteiger partial charge in [-0.1, -0.05) is 43.7 Å². The summed E-state index contributed by atoms with van der Waals surface area (Å²) in [6.45, 7) is 6.47. The van der Waals surface area contributed by atoms with Gasteiger partial charge in [-0.15, -0.1) is 0 Å². The van der Waals surface area contributed by atoms with Crippen LogP contribution >= 0.6 is 0 Å². The highest BCUT2D eigenvalue weighted by Crippen LogP contribution is 2.15. The zero-order valence-corrected chi connectivity index (χ0v) is 9.51. The van der Waals surface area contributed by atoms with Crippen LogP contribution in [0.15, 0.2) is 30.3 Å². The molecule has 0 bridgehead atoms. The molecule has 0 spiro atoms. The summed E-state index contributed by atoms with van der Waals surface area (Å²) in [5, 5.41) is 0. The van der Waals surface area contributed by atoms with Crippen LogP contribution in [0.2, 0.25) is 0 Å². The van der Waals surface area contributed by atoms with Crippen molar-refractivity contribution >= 4 is 5.57 Å². The topological polar surface area (TPSA) is 0 Å². The van der Waals surface area contributed by atoms with Gasteiger partial charge in [-0.05, 0) is 43.4 Å². The molecule has 0 aliphatic carbocycles. The molecule has 0 atom stereocenters. The van der Waals surface area contributed by atoms with Crippen LogP contribution in [0, 0.1) is 0 Å². The summed E-state index contributed by atoms with van der Waals surface area (Å²) in [6, 6.07) is 8.94. The van der Waals surface area contributed by atoms with Gasteiger partial charge in [-0.25, -0.2) is 0 Å². The Morgan fingerprint density at radius 1 is 1.21 bits per heavy atom. The molecule has 0 heteroatoms. The molecule has 1 rings (SSSR count). The Balaban J connectivity index is 2.68. The monoisotopic (exact) mass is 188 g/mol. The third-order valence-corrected chi connectivity index (χ3v) is 2.66. The first-order valence-corrected chi connectivity index (χ1v) is 5.50. The number of unbranched alkanes of at least 4 members (excludes halogenated alkanes) is 1. The fraction of sp³-hybridized carbons (Fsp3) is 0.429. The molecule has 0 saturated heterocycles. The average molecular weight is 188 g/mol. The Morgan fingerprint density at radius 3 is 2.36 bits per heavy atom. The van der Waals surface area contributed by atoms with E-state index < -0.39 is 0 Å². The van der Waals surface area contributed by atoms with E-state index in [1.807, 2.05) is 0 Å². The summed E-state index contributed by atoms with van der Waals surface area (Å²) in [4.78, 5) is 0. The molecule has 0 nitrogen and oxygen atoms in total. The van der Waals surface area contributed by atoms with Gasteiger partial charge in [0.1, 0.15) is 0 Å².